The van der Waals surface area contributed by atoms with E-state index in [2.05, 4.69) is 30.7 Å². The van der Waals surface area contributed by atoms with Crippen LogP contribution in [0.1, 0.15) is 47.1 Å². The molecule has 0 radical (unpaired) electrons. The van der Waals surface area contributed by atoms with Crippen LogP contribution in [0, 0.1) is 6.92 Å². The van der Waals surface area contributed by atoms with E-state index in [0.29, 0.717) is 18.7 Å². The maximum absolute atomic E-state index is 13.3. The Morgan fingerprint density at radius 3 is 2.41 bits per heavy atom. The second kappa shape index (κ2) is 7.39. The number of fused-ring (bicyclic) bond motifs is 2. The lowest BCUT2D eigenvalue weighted by atomic mass is 9.95. The Hall–Kier alpha value is -3.08. The average Bonchev–Trinajstić information content (AvgIpc) is 3.15. The highest BCUT2D eigenvalue weighted by Gasteiger charge is 2.41. The summed E-state index contributed by atoms with van der Waals surface area (Å²) in [6.07, 6.45) is 0. The van der Waals surface area contributed by atoms with E-state index >= 15 is 0 Å². The Kier molecular flexibility index (Phi) is 4.91. The van der Waals surface area contributed by atoms with Gasteiger partial charge in [-0.2, -0.15) is 0 Å². The summed E-state index contributed by atoms with van der Waals surface area (Å²) < 4.78 is 2.17. The number of likely N-dealkylation sites (N-methyl/N-ethyl adjacent to an activating group) is 1. The first-order valence-electron chi connectivity index (χ1n) is 10.2. The number of para-hydroxylation sites is 1. The fourth-order valence-electron chi connectivity index (χ4n) is 4.56. The first-order valence-corrected chi connectivity index (χ1v) is 10.2. The highest BCUT2D eigenvalue weighted by molar-refractivity contribution is 6.02. The number of carbonyl (C=O) groups is 2. The number of aryl methyl sites for hydroxylation is 1. The maximum Gasteiger partial charge on any atom is 0.255 e. The zero-order valence-corrected chi connectivity index (χ0v) is 17.5. The molecule has 1 atom stereocenters. The monoisotopic (exact) mass is 389 g/mol. The number of hydrogen-bond acceptors (Lipinski definition) is 2. The van der Waals surface area contributed by atoms with Crippen LogP contribution in [0.4, 0.5) is 0 Å². The van der Waals surface area contributed by atoms with Gasteiger partial charge in [0.2, 0.25) is 5.91 Å². The topological polar surface area (TPSA) is 45.6 Å². The molecule has 0 saturated carbocycles. The zero-order valence-electron chi connectivity index (χ0n) is 17.5. The second-order valence-corrected chi connectivity index (χ2v) is 7.56. The fourth-order valence-corrected chi connectivity index (χ4v) is 4.56. The van der Waals surface area contributed by atoms with E-state index in [0.717, 1.165) is 27.7 Å². The minimum absolute atomic E-state index is 0.0148. The van der Waals surface area contributed by atoms with Gasteiger partial charge in [0.1, 0.15) is 6.54 Å². The van der Waals surface area contributed by atoms with Crippen molar-refractivity contribution in [2.45, 2.75) is 26.8 Å². The predicted octanol–water partition coefficient (Wildman–Crippen LogP) is 3.90. The van der Waals surface area contributed by atoms with Gasteiger partial charge in [0.25, 0.3) is 5.91 Å². The second-order valence-electron chi connectivity index (χ2n) is 7.56. The smallest absolute Gasteiger partial charge is 0.255 e. The van der Waals surface area contributed by atoms with Gasteiger partial charge in [-0.05, 0) is 38.5 Å². The van der Waals surface area contributed by atoms with Crippen molar-refractivity contribution in [1.29, 1.82) is 0 Å². The van der Waals surface area contributed by atoms with E-state index in [-0.39, 0.29) is 24.4 Å². The minimum atomic E-state index is -0.260. The number of carbonyl (C=O) groups excluding carboxylic acids is 2. The molecular formula is C24H27N3O2. The Labute approximate surface area is 171 Å². The summed E-state index contributed by atoms with van der Waals surface area (Å²) in [7, 11) is 2.05. The Balaban J connectivity index is 1.88. The molecule has 0 spiro atoms. The summed E-state index contributed by atoms with van der Waals surface area (Å²) in [4.78, 5) is 29.8. The first kappa shape index (κ1) is 19.2. The molecule has 2 amide bonds. The third-order valence-electron chi connectivity index (χ3n) is 6.20. The van der Waals surface area contributed by atoms with Crippen LogP contribution < -0.4 is 0 Å². The van der Waals surface area contributed by atoms with Crippen LogP contribution >= 0.6 is 0 Å². The van der Waals surface area contributed by atoms with Gasteiger partial charge in [-0.1, -0.05) is 36.4 Å². The molecule has 1 aliphatic rings. The van der Waals surface area contributed by atoms with E-state index in [9.17, 15) is 9.59 Å². The van der Waals surface area contributed by atoms with Crippen LogP contribution in [0.5, 0.6) is 0 Å². The lowest BCUT2D eigenvalue weighted by molar-refractivity contribution is -0.131. The molecule has 0 fully saturated rings. The minimum Gasteiger partial charge on any atom is -0.348 e. The lowest BCUT2D eigenvalue weighted by Crippen LogP contribution is -2.42. The van der Waals surface area contributed by atoms with Crippen LogP contribution in [0.2, 0.25) is 0 Å². The summed E-state index contributed by atoms with van der Waals surface area (Å²) >= 11 is 0. The molecule has 5 nitrogen and oxygen atoms in total. The molecule has 1 aromatic heterocycles. The third-order valence-corrected chi connectivity index (χ3v) is 6.20. The highest BCUT2D eigenvalue weighted by Crippen LogP contribution is 2.43. The number of nitrogens with zero attached hydrogens (tertiary/aromatic N) is 3. The number of rotatable bonds is 5. The summed E-state index contributed by atoms with van der Waals surface area (Å²) in [5.41, 5.74) is 5.02. The molecule has 0 saturated heterocycles. The molecule has 5 heteroatoms. The van der Waals surface area contributed by atoms with Crippen molar-refractivity contribution in [3.05, 3.63) is 70.9 Å². The van der Waals surface area contributed by atoms with Gasteiger partial charge < -0.3 is 14.4 Å². The Morgan fingerprint density at radius 1 is 1.03 bits per heavy atom. The van der Waals surface area contributed by atoms with Crippen LogP contribution in [-0.2, 0) is 11.8 Å². The van der Waals surface area contributed by atoms with Crippen LogP contribution in [0.25, 0.3) is 10.9 Å². The molecular weight excluding hydrogens is 362 g/mol. The molecule has 2 aromatic carbocycles. The van der Waals surface area contributed by atoms with Gasteiger partial charge in [0.05, 0.1) is 6.04 Å². The molecule has 4 rings (SSSR count). The van der Waals surface area contributed by atoms with E-state index in [1.54, 1.807) is 9.80 Å². The van der Waals surface area contributed by atoms with Gasteiger partial charge >= 0.3 is 0 Å². The van der Waals surface area contributed by atoms with Crippen molar-refractivity contribution in [3.8, 4) is 0 Å². The van der Waals surface area contributed by atoms with Gasteiger partial charge in [0, 0.05) is 47.9 Å². The number of amides is 2. The molecule has 2 heterocycles. The van der Waals surface area contributed by atoms with Crippen LogP contribution in [-0.4, -0.2) is 45.8 Å². The Morgan fingerprint density at radius 2 is 1.69 bits per heavy atom. The predicted molar refractivity (Wildman–Crippen MR) is 115 cm³/mol. The van der Waals surface area contributed by atoms with Crippen molar-refractivity contribution in [3.63, 3.8) is 0 Å². The molecule has 0 aliphatic carbocycles. The van der Waals surface area contributed by atoms with E-state index < -0.39 is 0 Å². The van der Waals surface area contributed by atoms with Crippen LogP contribution in [0.15, 0.2) is 48.5 Å². The van der Waals surface area contributed by atoms with Gasteiger partial charge in [-0.15, -0.1) is 0 Å². The van der Waals surface area contributed by atoms with Crippen molar-refractivity contribution < 1.29 is 9.59 Å². The first-order chi connectivity index (χ1) is 14.0. The quantitative estimate of drug-likeness (QED) is 0.664. The zero-order chi connectivity index (χ0) is 20.7. The normalized spacial score (nSPS) is 15.8. The number of benzene rings is 2. The molecule has 1 aliphatic heterocycles. The highest BCUT2D eigenvalue weighted by atomic mass is 16.2. The summed E-state index contributed by atoms with van der Waals surface area (Å²) in [6, 6.07) is 15.7. The Bertz CT molecular complexity index is 1090. The standard InChI is InChI=1S/C24H27N3O2/c1-5-26(6-2)21(28)15-27-23(17-11-7-8-12-18(17)24(27)29)22-16(3)25(4)20-14-10-9-13-19(20)22/h7-14,23H,5-6,15H2,1-4H3/t23-/m0/s1. The lowest BCUT2D eigenvalue weighted by Gasteiger charge is -2.28. The molecule has 0 unspecified atom stereocenters. The van der Waals surface area contributed by atoms with Gasteiger partial charge in [0.15, 0.2) is 0 Å². The van der Waals surface area contributed by atoms with E-state index in [1.807, 2.05) is 50.2 Å². The summed E-state index contributed by atoms with van der Waals surface area (Å²) in [6.45, 7) is 7.39. The molecule has 0 N–H and O–H groups in total. The van der Waals surface area contributed by atoms with Gasteiger partial charge in [-0.25, -0.2) is 0 Å². The molecule has 150 valence electrons. The van der Waals surface area contributed by atoms with Crippen molar-refractivity contribution in [1.82, 2.24) is 14.4 Å². The molecule has 3 aromatic rings. The van der Waals surface area contributed by atoms with Crippen molar-refractivity contribution >= 4 is 22.7 Å². The van der Waals surface area contributed by atoms with Crippen molar-refractivity contribution in [2.75, 3.05) is 19.6 Å². The average molecular weight is 389 g/mol. The number of hydrogen-bond donors (Lipinski definition) is 0. The SMILES string of the molecule is CCN(CC)C(=O)CN1C(=O)c2ccccc2[C@H]1c1c(C)n(C)c2ccccc12. The number of aromatic nitrogens is 1. The van der Waals surface area contributed by atoms with E-state index in [4.69, 9.17) is 0 Å². The fraction of sp³-hybridized carbons (Fsp3) is 0.333. The van der Waals surface area contributed by atoms with E-state index in [1.165, 1.54) is 0 Å². The summed E-state index contributed by atoms with van der Waals surface area (Å²) in [5.74, 6) is -0.0857. The summed E-state index contributed by atoms with van der Waals surface area (Å²) in [5, 5.41) is 1.13. The molecule has 29 heavy (non-hydrogen) atoms. The van der Waals surface area contributed by atoms with Crippen LogP contribution in [0.3, 0.4) is 0 Å². The van der Waals surface area contributed by atoms with Crippen molar-refractivity contribution in [2.24, 2.45) is 7.05 Å². The van der Waals surface area contributed by atoms with Gasteiger partial charge in [-0.3, -0.25) is 9.59 Å². The largest absolute Gasteiger partial charge is 0.348 e. The maximum atomic E-state index is 13.3. The third kappa shape index (κ3) is 2.92. The molecule has 0 bridgehead atoms.